The molecule has 0 amide bonds. The molecule has 0 saturated carbocycles. The summed E-state index contributed by atoms with van der Waals surface area (Å²) in [6.45, 7) is 8.24. The molecule has 0 aliphatic rings. The van der Waals surface area contributed by atoms with E-state index in [-0.39, 0.29) is 17.2 Å². The standard InChI is InChI=1S/C17H20FNO2S/c1-5-21-15(20)14-13(19-16(22-14)17(2,3)4)10-11-7-6-8-12(18)9-11/h6-9H,5,10H2,1-4H3. The number of nitrogens with zero attached hydrogens (tertiary/aromatic N) is 1. The Hall–Kier alpha value is -1.75. The second-order valence-electron chi connectivity index (χ2n) is 6.07. The predicted molar refractivity (Wildman–Crippen MR) is 86.0 cm³/mol. The van der Waals surface area contributed by atoms with Crippen LogP contribution in [0.2, 0.25) is 0 Å². The summed E-state index contributed by atoms with van der Waals surface area (Å²) in [4.78, 5) is 17.3. The van der Waals surface area contributed by atoms with Crippen LogP contribution < -0.4 is 0 Å². The van der Waals surface area contributed by atoms with Crippen LogP contribution in [0.15, 0.2) is 24.3 Å². The van der Waals surface area contributed by atoms with Gasteiger partial charge in [-0.25, -0.2) is 14.2 Å². The number of esters is 1. The second kappa shape index (κ2) is 6.57. The van der Waals surface area contributed by atoms with Crippen LogP contribution in [-0.4, -0.2) is 17.6 Å². The maximum atomic E-state index is 13.3. The highest BCUT2D eigenvalue weighted by Gasteiger charge is 2.25. The summed E-state index contributed by atoms with van der Waals surface area (Å²) in [5.74, 6) is -0.650. The molecule has 2 aromatic rings. The van der Waals surface area contributed by atoms with E-state index in [1.54, 1.807) is 13.0 Å². The third kappa shape index (κ3) is 3.91. The Morgan fingerprint density at radius 1 is 1.36 bits per heavy atom. The fraction of sp³-hybridized carbons (Fsp3) is 0.412. The summed E-state index contributed by atoms with van der Waals surface area (Å²) in [5.41, 5.74) is 1.29. The van der Waals surface area contributed by atoms with Gasteiger partial charge in [-0.05, 0) is 24.6 Å². The lowest BCUT2D eigenvalue weighted by Gasteiger charge is -2.13. The van der Waals surface area contributed by atoms with E-state index in [0.29, 0.717) is 23.6 Å². The fourth-order valence-electron chi connectivity index (χ4n) is 1.99. The number of aromatic nitrogens is 1. The van der Waals surface area contributed by atoms with Crippen LogP contribution in [0.4, 0.5) is 4.39 Å². The van der Waals surface area contributed by atoms with Gasteiger partial charge in [0.1, 0.15) is 10.7 Å². The number of rotatable bonds is 4. The van der Waals surface area contributed by atoms with Gasteiger partial charge in [0.25, 0.3) is 0 Å². The molecule has 0 atom stereocenters. The van der Waals surface area contributed by atoms with Gasteiger partial charge < -0.3 is 4.74 Å². The molecule has 0 radical (unpaired) electrons. The van der Waals surface area contributed by atoms with E-state index in [1.165, 1.54) is 23.5 Å². The third-order valence-corrected chi connectivity index (χ3v) is 4.56. The normalized spacial score (nSPS) is 11.5. The topological polar surface area (TPSA) is 39.2 Å². The molecule has 0 aliphatic carbocycles. The molecule has 3 nitrogen and oxygen atoms in total. The summed E-state index contributed by atoms with van der Waals surface area (Å²) < 4.78 is 18.4. The number of carbonyl (C=O) groups excluding carboxylic acids is 1. The Balaban J connectivity index is 2.39. The van der Waals surface area contributed by atoms with Gasteiger partial charge in [0, 0.05) is 11.8 Å². The molecule has 0 saturated heterocycles. The summed E-state index contributed by atoms with van der Waals surface area (Å²) in [6, 6.07) is 6.35. The molecule has 118 valence electrons. The van der Waals surface area contributed by atoms with E-state index in [1.807, 2.05) is 26.8 Å². The molecule has 5 heteroatoms. The van der Waals surface area contributed by atoms with E-state index in [2.05, 4.69) is 4.98 Å². The first-order valence-electron chi connectivity index (χ1n) is 7.23. The van der Waals surface area contributed by atoms with Crippen LogP contribution in [0.25, 0.3) is 0 Å². The molecule has 1 heterocycles. The molecule has 1 aromatic heterocycles. The molecule has 22 heavy (non-hydrogen) atoms. The second-order valence-corrected chi connectivity index (χ2v) is 7.07. The minimum Gasteiger partial charge on any atom is -0.462 e. The summed E-state index contributed by atoms with van der Waals surface area (Å²) in [6.07, 6.45) is 0.415. The molecule has 0 unspecified atom stereocenters. The molecule has 0 bridgehead atoms. The van der Waals surface area contributed by atoms with Crippen molar-refractivity contribution in [3.63, 3.8) is 0 Å². The monoisotopic (exact) mass is 321 g/mol. The van der Waals surface area contributed by atoms with Crippen LogP contribution in [0.1, 0.15) is 53.6 Å². The van der Waals surface area contributed by atoms with Crippen molar-refractivity contribution in [3.8, 4) is 0 Å². The Kier molecular flexibility index (Phi) is 4.96. The molecule has 0 spiro atoms. The Morgan fingerprint density at radius 2 is 2.09 bits per heavy atom. The van der Waals surface area contributed by atoms with Gasteiger partial charge in [-0.15, -0.1) is 11.3 Å². The number of thiazole rings is 1. The predicted octanol–water partition coefficient (Wildman–Crippen LogP) is 4.35. The van der Waals surface area contributed by atoms with Crippen molar-refractivity contribution in [2.75, 3.05) is 6.61 Å². The maximum absolute atomic E-state index is 13.3. The molecular weight excluding hydrogens is 301 g/mol. The number of ether oxygens (including phenoxy) is 1. The number of hydrogen-bond acceptors (Lipinski definition) is 4. The van der Waals surface area contributed by atoms with Gasteiger partial charge in [-0.1, -0.05) is 32.9 Å². The highest BCUT2D eigenvalue weighted by molar-refractivity contribution is 7.13. The lowest BCUT2D eigenvalue weighted by molar-refractivity contribution is 0.0530. The number of benzene rings is 1. The third-order valence-electron chi connectivity index (χ3n) is 3.06. The van der Waals surface area contributed by atoms with Gasteiger partial charge in [0.15, 0.2) is 0 Å². The minimum absolute atomic E-state index is 0.147. The van der Waals surface area contributed by atoms with Crippen molar-refractivity contribution in [1.82, 2.24) is 4.98 Å². The van der Waals surface area contributed by atoms with Crippen LogP contribution in [0.5, 0.6) is 0 Å². The van der Waals surface area contributed by atoms with E-state index < -0.39 is 0 Å². The molecule has 0 aliphatic heterocycles. The van der Waals surface area contributed by atoms with Crippen LogP contribution in [0.3, 0.4) is 0 Å². The zero-order chi connectivity index (χ0) is 16.3. The van der Waals surface area contributed by atoms with Crippen molar-refractivity contribution in [2.24, 2.45) is 0 Å². The quantitative estimate of drug-likeness (QED) is 0.786. The highest BCUT2D eigenvalue weighted by atomic mass is 32.1. The molecule has 0 fully saturated rings. The highest BCUT2D eigenvalue weighted by Crippen LogP contribution is 2.31. The smallest absolute Gasteiger partial charge is 0.350 e. The van der Waals surface area contributed by atoms with Gasteiger partial charge in [0.05, 0.1) is 17.3 Å². The lowest BCUT2D eigenvalue weighted by Crippen LogP contribution is -2.10. The van der Waals surface area contributed by atoms with Crippen molar-refractivity contribution >= 4 is 17.3 Å². The van der Waals surface area contributed by atoms with Crippen LogP contribution >= 0.6 is 11.3 Å². The first kappa shape index (κ1) is 16.6. The molecule has 1 aromatic carbocycles. The van der Waals surface area contributed by atoms with Crippen molar-refractivity contribution in [3.05, 3.63) is 51.2 Å². The molecular formula is C17H20FNO2S. The first-order chi connectivity index (χ1) is 10.3. The van der Waals surface area contributed by atoms with Gasteiger partial charge >= 0.3 is 5.97 Å². The fourth-order valence-corrected chi connectivity index (χ4v) is 3.02. The number of carbonyl (C=O) groups is 1. The van der Waals surface area contributed by atoms with Crippen molar-refractivity contribution in [2.45, 2.75) is 39.5 Å². The summed E-state index contributed by atoms with van der Waals surface area (Å²) in [7, 11) is 0. The Bertz CT molecular complexity index is 674. The summed E-state index contributed by atoms with van der Waals surface area (Å²) in [5, 5.41) is 0.877. The number of hydrogen-bond donors (Lipinski definition) is 0. The lowest BCUT2D eigenvalue weighted by atomic mass is 9.98. The molecule has 0 N–H and O–H groups in total. The SMILES string of the molecule is CCOC(=O)c1sc(C(C)(C)C)nc1Cc1cccc(F)c1. The Labute approximate surface area is 134 Å². The van der Waals surface area contributed by atoms with Gasteiger partial charge in [0.2, 0.25) is 0 Å². The molecule has 2 rings (SSSR count). The first-order valence-corrected chi connectivity index (χ1v) is 8.04. The van der Waals surface area contributed by atoms with Crippen LogP contribution in [-0.2, 0) is 16.6 Å². The van der Waals surface area contributed by atoms with Gasteiger partial charge in [-0.2, -0.15) is 0 Å². The van der Waals surface area contributed by atoms with Gasteiger partial charge in [-0.3, -0.25) is 0 Å². The van der Waals surface area contributed by atoms with E-state index in [0.717, 1.165) is 10.6 Å². The number of halogens is 1. The van der Waals surface area contributed by atoms with E-state index in [4.69, 9.17) is 4.74 Å². The minimum atomic E-state index is -0.359. The van der Waals surface area contributed by atoms with Crippen LogP contribution in [0, 0.1) is 5.82 Å². The van der Waals surface area contributed by atoms with Crippen molar-refractivity contribution < 1.29 is 13.9 Å². The Morgan fingerprint density at radius 3 is 2.68 bits per heavy atom. The largest absolute Gasteiger partial charge is 0.462 e. The van der Waals surface area contributed by atoms with E-state index in [9.17, 15) is 9.18 Å². The summed E-state index contributed by atoms with van der Waals surface area (Å²) >= 11 is 1.36. The zero-order valence-electron chi connectivity index (χ0n) is 13.3. The average Bonchev–Trinajstić information content (AvgIpc) is 2.83. The average molecular weight is 321 g/mol. The van der Waals surface area contributed by atoms with E-state index >= 15 is 0 Å². The van der Waals surface area contributed by atoms with Crippen molar-refractivity contribution in [1.29, 1.82) is 0 Å². The zero-order valence-corrected chi connectivity index (χ0v) is 14.1. The maximum Gasteiger partial charge on any atom is 0.350 e.